The van der Waals surface area contributed by atoms with Crippen molar-refractivity contribution in [2.24, 2.45) is 0 Å². The minimum atomic E-state index is -0.225. The van der Waals surface area contributed by atoms with Gasteiger partial charge < -0.3 is 20.3 Å². The number of carbonyl (C=O) groups is 1. The third kappa shape index (κ3) is 12.0. The van der Waals surface area contributed by atoms with Crippen molar-refractivity contribution in [2.45, 2.75) is 57.4 Å². The van der Waals surface area contributed by atoms with Crippen LogP contribution in [0.1, 0.15) is 67.7 Å². The van der Waals surface area contributed by atoms with Gasteiger partial charge in [0.2, 0.25) is 0 Å². The predicted octanol–water partition coefficient (Wildman–Crippen LogP) is 6.21. The standard InChI is InChI=1S/C35H48FN5O2/c1-40(26-19-33(34-10-3-4-20-37-34)30-13-15-31(36)16-14-30)23-8-5-21-38-35(42)39-22-9-27-43-32-17-11-29(12-18-32)28-41-24-6-2-7-25-41/h3-4,10-18,20,33H,2,5-9,19,21-28H2,1H3,(H2,38,39,42). The van der Waals surface area contributed by atoms with E-state index in [1.165, 1.54) is 50.0 Å². The van der Waals surface area contributed by atoms with Crippen molar-refractivity contribution in [3.63, 3.8) is 0 Å². The molecule has 1 atom stereocenters. The molecule has 1 fully saturated rings. The fraction of sp³-hybridized carbons (Fsp3) is 0.486. The van der Waals surface area contributed by atoms with E-state index in [0.29, 0.717) is 19.7 Å². The third-order valence-electron chi connectivity index (χ3n) is 8.02. The molecule has 232 valence electrons. The van der Waals surface area contributed by atoms with E-state index in [-0.39, 0.29) is 17.8 Å². The number of carbonyl (C=O) groups excluding carboxylic acids is 1. The summed E-state index contributed by atoms with van der Waals surface area (Å²) in [6.07, 6.45) is 9.34. The maximum Gasteiger partial charge on any atom is 0.314 e. The number of ether oxygens (including phenoxy) is 1. The first-order chi connectivity index (χ1) is 21.1. The first-order valence-corrected chi connectivity index (χ1v) is 15.9. The largest absolute Gasteiger partial charge is 0.494 e. The molecule has 0 spiro atoms. The summed E-state index contributed by atoms with van der Waals surface area (Å²) in [4.78, 5) is 21.5. The number of nitrogens with one attached hydrogen (secondary N) is 2. The van der Waals surface area contributed by atoms with E-state index in [9.17, 15) is 9.18 Å². The smallest absolute Gasteiger partial charge is 0.314 e. The van der Waals surface area contributed by atoms with Gasteiger partial charge in [0.05, 0.1) is 6.61 Å². The minimum Gasteiger partial charge on any atom is -0.494 e. The van der Waals surface area contributed by atoms with E-state index in [0.717, 1.165) is 62.3 Å². The van der Waals surface area contributed by atoms with Crippen LogP contribution in [-0.2, 0) is 6.54 Å². The molecule has 0 aliphatic carbocycles. The van der Waals surface area contributed by atoms with Gasteiger partial charge in [0.1, 0.15) is 11.6 Å². The van der Waals surface area contributed by atoms with E-state index < -0.39 is 0 Å². The molecule has 0 radical (unpaired) electrons. The number of piperidine rings is 1. The molecule has 7 nitrogen and oxygen atoms in total. The molecule has 4 rings (SSSR count). The summed E-state index contributed by atoms with van der Waals surface area (Å²) >= 11 is 0. The van der Waals surface area contributed by atoms with E-state index in [2.05, 4.69) is 44.6 Å². The number of amides is 2. The average molecular weight is 590 g/mol. The molecule has 3 aromatic rings. The Hall–Kier alpha value is -3.49. The Bertz CT molecular complexity index is 1190. The van der Waals surface area contributed by atoms with Crippen molar-refractivity contribution < 1.29 is 13.9 Å². The van der Waals surface area contributed by atoms with E-state index in [1.807, 2.05) is 48.7 Å². The molecule has 2 aromatic carbocycles. The highest BCUT2D eigenvalue weighted by atomic mass is 19.1. The molecular formula is C35H48FN5O2. The number of halogens is 1. The van der Waals surface area contributed by atoms with Crippen LogP contribution in [-0.4, -0.2) is 73.7 Å². The van der Waals surface area contributed by atoms with Gasteiger partial charge in [-0.05, 0) is 119 Å². The maximum atomic E-state index is 13.5. The van der Waals surface area contributed by atoms with Gasteiger partial charge in [-0.25, -0.2) is 9.18 Å². The van der Waals surface area contributed by atoms with Crippen molar-refractivity contribution in [3.8, 4) is 5.75 Å². The molecule has 2 heterocycles. The predicted molar refractivity (Wildman–Crippen MR) is 171 cm³/mol. The summed E-state index contributed by atoms with van der Waals surface area (Å²) < 4.78 is 19.3. The van der Waals surface area contributed by atoms with Gasteiger partial charge in [-0.2, -0.15) is 0 Å². The quantitative estimate of drug-likeness (QED) is 0.183. The second kappa shape index (κ2) is 18.2. The molecule has 1 aliphatic heterocycles. The summed E-state index contributed by atoms with van der Waals surface area (Å²) in [6.45, 7) is 7.05. The molecule has 0 bridgehead atoms. The lowest BCUT2D eigenvalue weighted by Gasteiger charge is -2.26. The summed E-state index contributed by atoms with van der Waals surface area (Å²) in [5.41, 5.74) is 3.41. The number of benzene rings is 2. The first kappa shape index (κ1) is 32.4. The lowest BCUT2D eigenvalue weighted by molar-refractivity contribution is 0.221. The van der Waals surface area contributed by atoms with Gasteiger partial charge in [-0.1, -0.05) is 36.8 Å². The molecule has 1 unspecified atom stereocenters. The second-order valence-electron chi connectivity index (χ2n) is 11.5. The molecule has 2 amide bonds. The first-order valence-electron chi connectivity index (χ1n) is 15.9. The van der Waals surface area contributed by atoms with Gasteiger partial charge in [0, 0.05) is 37.4 Å². The Morgan fingerprint density at radius 1 is 0.930 bits per heavy atom. The molecule has 1 aromatic heterocycles. The Balaban J connectivity index is 1.02. The van der Waals surface area contributed by atoms with Crippen LogP contribution in [0, 0.1) is 5.82 Å². The van der Waals surface area contributed by atoms with Crippen LogP contribution >= 0.6 is 0 Å². The van der Waals surface area contributed by atoms with Crippen LogP contribution in [0.4, 0.5) is 9.18 Å². The summed E-state index contributed by atoms with van der Waals surface area (Å²) in [5.74, 6) is 0.770. The van der Waals surface area contributed by atoms with E-state index in [4.69, 9.17) is 4.74 Å². The number of likely N-dealkylation sites (tertiary alicyclic amines) is 1. The summed E-state index contributed by atoms with van der Waals surface area (Å²) in [7, 11) is 2.12. The van der Waals surface area contributed by atoms with Crippen molar-refractivity contribution >= 4 is 6.03 Å². The average Bonchev–Trinajstić information content (AvgIpc) is 3.03. The second-order valence-corrected chi connectivity index (χ2v) is 11.5. The highest BCUT2D eigenvalue weighted by Crippen LogP contribution is 2.27. The lowest BCUT2D eigenvalue weighted by atomic mass is 9.91. The van der Waals surface area contributed by atoms with Crippen LogP contribution in [0.5, 0.6) is 5.75 Å². The molecular weight excluding hydrogens is 541 g/mol. The molecule has 43 heavy (non-hydrogen) atoms. The highest BCUT2D eigenvalue weighted by molar-refractivity contribution is 5.73. The van der Waals surface area contributed by atoms with Gasteiger partial charge in [-0.3, -0.25) is 9.88 Å². The number of hydrogen-bond donors (Lipinski definition) is 2. The van der Waals surface area contributed by atoms with Crippen LogP contribution in [0.25, 0.3) is 0 Å². The SMILES string of the molecule is CN(CCCCNC(=O)NCCCOc1ccc(CN2CCCCC2)cc1)CCC(c1ccc(F)cc1)c1ccccn1. The number of aromatic nitrogens is 1. The van der Waals surface area contributed by atoms with Crippen LogP contribution in [0.15, 0.2) is 72.9 Å². The normalized spacial score (nSPS) is 14.4. The Morgan fingerprint density at radius 3 is 2.40 bits per heavy atom. The van der Waals surface area contributed by atoms with Gasteiger partial charge in [0.15, 0.2) is 0 Å². The molecule has 1 saturated heterocycles. The third-order valence-corrected chi connectivity index (χ3v) is 8.02. The molecule has 1 aliphatic rings. The Morgan fingerprint density at radius 2 is 1.67 bits per heavy atom. The zero-order valence-corrected chi connectivity index (χ0v) is 25.6. The highest BCUT2D eigenvalue weighted by Gasteiger charge is 2.16. The molecule has 8 heteroatoms. The fourth-order valence-corrected chi connectivity index (χ4v) is 5.53. The van der Waals surface area contributed by atoms with Gasteiger partial charge in [0.25, 0.3) is 0 Å². The molecule has 0 saturated carbocycles. The van der Waals surface area contributed by atoms with Crippen molar-refractivity contribution in [1.29, 1.82) is 0 Å². The number of hydrogen-bond acceptors (Lipinski definition) is 5. The number of unbranched alkanes of at least 4 members (excludes halogenated alkanes) is 1. The van der Waals surface area contributed by atoms with E-state index in [1.54, 1.807) is 0 Å². The number of nitrogens with zero attached hydrogens (tertiary/aromatic N) is 3. The van der Waals surface area contributed by atoms with E-state index >= 15 is 0 Å². The number of rotatable bonds is 17. The van der Waals surface area contributed by atoms with Gasteiger partial charge in [-0.15, -0.1) is 0 Å². The monoisotopic (exact) mass is 589 g/mol. The Kier molecular flexibility index (Phi) is 13.8. The van der Waals surface area contributed by atoms with Crippen LogP contribution < -0.4 is 15.4 Å². The number of urea groups is 1. The topological polar surface area (TPSA) is 69.7 Å². The van der Waals surface area contributed by atoms with Gasteiger partial charge >= 0.3 is 6.03 Å². The molecule has 2 N–H and O–H groups in total. The zero-order chi connectivity index (χ0) is 30.1. The minimum absolute atomic E-state index is 0.120. The fourth-order valence-electron chi connectivity index (χ4n) is 5.53. The lowest BCUT2D eigenvalue weighted by Crippen LogP contribution is -2.37. The Labute approximate surface area is 256 Å². The maximum absolute atomic E-state index is 13.5. The van der Waals surface area contributed by atoms with Crippen molar-refractivity contribution in [3.05, 3.63) is 95.6 Å². The van der Waals surface area contributed by atoms with Crippen LogP contribution in [0.3, 0.4) is 0 Å². The van der Waals surface area contributed by atoms with Crippen molar-refractivity contribution in [1.82, 2.24) is 25.4 Å². The number of pyridine rings is 1. The zero-order valence-electron chi connectivity index (χ0n) is 25.6. The summed E-state index contributed by atoms with van der Waals surface area (Å²) in [6, 6.07) is 20.9. The summed E-state index contributed by atoms with van der Waals surface area (Å²) in [5, 5.41) is 5.87. The van der Waals surface area contributed by atoms with Crippen LogP contribution in [0.2, 0.25) is 0 Å². The van der Waals surface area contributed by atoms with Crippen molar-refractivity contribution in [2.75, 3.05) is 52.9 Å².